The molecule has 2 aromatic carbocycles. The van der Waals surface area contributed by atoms with Gasteiger partial charge in [0.25, 0.3) is 5.91 Å². The topological polar surface area (TPSA) is 32.8 Å². The lowest BCUT2D eigenvalue weighted by molar-refractivity contribution is 0.0746. The molecule has 24 heavy (non-hydrogen) atoms. The Morgan fingerprint density at radius 3 is 2.33 bits per heavy atom. The van der Waals surface area contributed by atoms with Crippen molar-refractivity contribution >= 4 is 23.2 Å². The number of methoxy groups -OCH3 is 1. The second kappa shape index (κ2) is 7.69. The lowest BCUT2D eigenvalue weighted by atomic mass is 10.1. The molecule has 0 saturated carbocycles. The molecule has 1 aliphatic rings. The molecule has 1 saturated heterocycles. The van der Waals surface area contributed by atoms with Gasteiger partial charge in [-0.3, -0.25) is 4.79 Å². The number of anilines is 1. The molecular formula is C19H21ClN2O2. The summed E-state index contributed by atoms with van der Waals surface area (Å²) >= 11 is 6.26. The second-order valence-corrected chi connectivity index (χ2v) is 6.27. The Balaban J connectivity index is 1.62. The number of halogens is 1. The summed E-state index contributed by atoms with van der Waals surface area (Å²) < 4.78 is 5.10. The average Bonchev–Trinajstić information content (AvgIpc) is 2.63. The third kappa shape index (κ3) is 3.71. The molecule has 2 aromatic rings. The normalized spacial score (nSPS) is 14.8. The van der Waals surface area contributed by atoms with Crippen LogP contribution in [0.5, 0.6) is 0 Å². The first-order chi connectivity index (χ1) is 11.7. The van der Waals surface area contributed by atoms with Crippen LogP contribution in [0.15, 0.2) is 48.5 Å². The summed E-state index contributed by atoms with van der Waals surface area (Å²) in [7, 11) is 1.66. The molecule has 0 aromatic heterocycles. The third-order valence-corrected chi connectivity index (χ3v) is 4.59. The number of ether oxygens (including phenoxy) is 1. The van der Waals surface area contributed by atoms with E-state index in [1.165, 1.54) is 0 Å². The van der Waals surface area contributed by atoms with E-state index < -0.39 is 0 Å². The van der Waals surface area contributed by atoms with Gasteiger partial charge in [-0.2, -0.15) is 0 Å². The van der Waals surface area contributed by atoms with Gasteiger partial charge >= 0.3 is 0 Å². The molecule has 1 amide bonds. The number of hydrogen-bond acceptors (Lipinski definition) is 3. The van der Waals surface area contributed by atoms with Gasteiger partial charge in [-0.1, -0.05) is 35.9 Å². The molecule has 126 valence electrons. The quantitative estimate of drug-likeness (QED) is 0.851. The Morgan fingerprint density at radius 2 is 1.71 bits per heavy atom. The van der Waals surface area contributed by atoms with Crippen LogP contribution < -0.4 is 4.90 Å². The largest absolute Gasteiger partial charge is 0.380 e. The van der Waals surface area contributed by atoms with E-state index in [-0.39, 0.29) is 5.91 Å². The van der Waals surface area contributed by atoms with Crippen LogP contribution in [0.4, 0.5) is 5.69 Å². The number of hydrogen-bond donors (Lipinski definition) is 0. The molecule has 0 atom stereocenters. The molecule has 5 heteroatoms. The van der Waals surface area contributed by atoms with Crippen molar-refractivity contribution in [2.45, 2.75) is 6.61 Å². The van der Waals surface area contributed by atoms with Crippen molar-refractivity contribution in [2.24, 2.45) is 0 Å². The second-order valence-electron chi connectivity index (χ2n) is 5.86. The summed E-state index contributed by atoms with van der Waals surface area (Å²) in [6, 6.07) is 15.5. The summed E-state index contributed by atoms with van der Waals surface area (Å²) in [5, 5.41) is 0.756. The van der Waals surface area contributed by atoms with E-state index in [1.54, 1.807) is 7.11 Å². The van der Waals surface area contributed by atoms with Gasteiger partial charge in [0.2, 0.25) is 0 Å². The van der Waals surface area contributed by atoms with E-state index in [9.17, 15) is 4.79 Å². The van der Waals surface area contributed by atoms with E-state index in [2.05, 4.69) is 4.90 Å². The Labute approximate surface area is 147 Å². The van der Waals surface area contributed by atoms with Crippen molar-refractivity contribution in [3.05, 3.63) is 64.7 Å². The molecule has 0 N–H and O–H groups in total. The zero-order valence-electron chi connectivity index (χ0n) is 13.7. The van der Waals surface area contributed by atoms with Gasteiger partial charge in [-0.15, -0.1) is 0 Å². The van der Waals surface area contributed by atoms with Crippen LogP contribution in [0.1, 0.15) is 15.9 Å². The fourth-order valence-electron chi connectivity index (χ4n) is 2.95. The summed E-state index contributed by atoms with van der Waals surface area (Å²) in [5.41, 5.74) is 2.83. The molecule has 0 unspecified atom stereocenters. The minimum atomic E-state index is 0.0813. The van der Waals surface area contributed by atoms with Crippen LogP contribution >= 0.6 is 11.6 Å². The monoisotopic (exact) mass is 344 g/mol. The van der Waals surface area contributed by atoms with Crippen molar-refractivity contribution in [3.8, 4) is 0 Å². The first-order valence-corrected chi connectivity index (χ1v) is 8.43. The Morgan fingerprint density at radius 1 is 1.04 bits per heavy atom. The smallest absolute Gasteiger partial charge is 0.253 e. The molecule has 1 aliphatic heterocycles. The zero-order chi connectivity index (χ0) is 16.9. The van der Waals surface area contributed by atoms with E-state index in [0.29, 0.717) is 19.7 Å². The Hall–Kier alpha value is -2.04. The number of amides is 1. The molecule has 4 nitrogen and oxygen atoms in total. The summed E-state index contributed by atoms with van der Waals surface area (Å²) in [6.07, 6.45) is 0. The highest BCUT2D eigenvalue weighted by Gasteiger charge is 2.23. The molecule has 0 aliphatic carbocycles. The van der Waals surface area contributed by atoms with Crippen LogP contribution in [0, 0.1) is 0 Å². The maximum Gasteiger partial charge on any atom is 0.253 e. The first kappa shape index (κ1) is 16.8. The zero-order valence-corrected chi connectivity index (χ0v) is 14.5. The number of rotatable bonds is 4. The first-order valence-electron chi connectivity index (χ1n) is 8.05. The average molecular weight is 345 g/mol. The highest BCUT2D eigenvalue weighted by Crippen LogP contribution is 2.26. The maximum absolute atomic E-state index is 12.6. The van der Waals surface area contributed by atoms with E-state index in [1.807, 2.05) is 53.4 Å². The summed E-state index contributed by atoms with van der Waals surface area (Å²) in [6.45, 7) is 3.53. The number of benzene rings is 2. The molecule has 1 fully saturated rings. The minimum Gasteiger partial charge on any atom is -0.380 e. The SMILES string of the molecule is COCc1ccc(C(=O)N2CCN(c3ccccc3Cl)CC2)cc1. The minimum absolute atomic E-state index is 0.0813. The number of para-hydroxylation sites is 1. The summed E-state index contributed by atoms with van der Waals surface area (Å²) in [5.74, 6) is 0.0813. The molecule has 3 rings (SSSR count). The summed E-state index contributed by atoms with van der Waals surface area (Å²) in [4.78, 5) is 16.8. The predicted molar refractivity (Wildman–Crippen MR) is 96.7 cm³/mol. The van der Waals surface area contributed by atoms with E-state index in [0.717, 1.165) is 34.9 Å². The van der Waals surface area contributed by atoms with Gasteiger partial charge in [0.05, 0.1) is 17.3 Å². The van der Waals surface area contributed by atoms with Gasteiger partial charge in [0.15, 0.2) is 0 Å². The molecular weight excluding hydrogens is 324 g/mol. The molecule has 0 bridgehead atoms. The van der Waals surface area contributed by atoms with Gasteiger partial charge in [0.1, 0.15) is 0 Å². The van der Waals surface area contributed by atoms with Gasteiger partial charge in [0, 0.05) is 38.9 Å². The maximum atomic E-state index is 12.6. The van der Waals surface area contributed by atoms with Crippen molar-refractivity contribution in [1.82, 2.24) is 4.90 Å². The Bertz CT molecular complexity index is 695. The lowest BCUT2D eigenvalue weighted by Crippen LogP contribution is -2.48. The Kier molecular flexibility index (Phi) is 5.38. The van der Waals surface area contributed by atoms with Crippen LogP contribution in [0.2, 0.25) is 5.02 Å². The van der Waals surface area contributed by atoms with Crippen LogP contribution in [0.25, 0.3) is 0 Å². The highest BCUT2D eigenvalue weighted by atomic mass is 35.5. The van der Waals surface area contributed by atoms with E-state index >= 15 is 0 Å². The predicted octanol–water partition coefficient (Wildman–Crippen LogP) is 3.45. The number of piperazine rings is 1. The van der Waals surface area contributed by atoms with Crippen LogP contribution in [-0.4, -0.2) is 44.1 Å². The third-order valence-electron chi connectivity index (χ3n) is 4.27. The van der Waals surface area contributed by atoms with Gasteiger partial charge < -0.3 is 14.5 Å². The number of carbonyl (C=O) groups is 1. The van der Waals surface area contributed by atoms with Crippen molar-refractivity contribution in [1.29, 1.82) is 0 Å². The van der Waals surface area contributed by atoms with Crippen LogP contribution in [0.3, 0.4) is 0 Å². The van der Waals surface area contributed by atoms with Gasteiger partial charge in [-0.05, 0) is 29.8 Å². The van der Waals surface area contributed by atoms with Gasteiger partial charge in [-0.25, -0.2) is 0 Å². The standard InChI is InChI=1S/C19H21ClN2O2/c1-24-14-15-6-8-16(9-7-15)19(23)22-12-10-21(11-13-22)18-5-3-2-4-17(18)20/h2-9H,10-14H2,1H3. The van der Waals surface area contributed by atoms with Crippen molar-refractivity contribution in [3.63, 3.8) is 0 Å². The molecule has 0 radical (unpaired) electrons. The number of nitrogens with zero attached hydrogens (tertiary/aromatic N) is 2. The van der Waals surface area contributed by atoms with Crippen molar-refractivity contribution < 1.29 is 9.53 Å². The van der Waals surface area contributed by atoms with Crippen LogP contribution in [-0.2, 0) is 11.3 Å². The fraction of sp³-hybridized carbons (Fsp3) is 0.316. The highest BCUT2D eigenvalue weighted by molar-refractivity contribution is 6.33. The molecule has 0 spiro atoms. The molecule has 1 heterocycles. The van der Waals surface area contributed by atoms with E-state index in [4.69, 9.17) is 16.3 Å². The van der Waals surface area contributed by atoms with Crippen molar-refractivity contribution in [2.75, 3.05) is 38.2 Å². The number of carbonyl (C=O) groups excluding carboxylic acids is 1. The fourth-order valence-corrected chi connectivity index (χ4v) is 3.21. The lowest BCUT2D eigenvalue weighted by Gasteiger charge is -2.36.